The summed E-state index contributed by atoms with van der Waals surface area (Å²) in [5.74, 6) is -0.810. The lowest BCUT2D eigenvalue weighted by molar-refractivity contribution is -0.122. The molecule has 1 aliphatic carbocycles. The van der Waals surface area contributed by atoms with E-state index < -0.39 is 23.8 Å². The molecule has 212 valence electrons. The van der Waals surface area contributed by atoms with Gasteiger partial charge in [0.05, 0.1) is 12.1 Å². The zero-order valence-corrected chi connectivity index (χ0v) is 22.7. The number of aliphatic hydroxyl groups excluding tert-OH is 1. The summed E-state index contributed by atoms with van der Waals surface area (Å²) in [6.45, 7) is 0. The molecule has 0 fully saturated rings. The number of rotatable bonds is 11. The fourth-order valence-electron chi connectivity index (χ4n) is 6.46. The van der Waals surface area contributed by atoms with Crippen molar-refractivity contribution in [3.63, 3.8) is 0 Å². The molecule has 0 aromatic heterocycles. The molecule has 6 N–H and O–H groups in total. The van der Waals surface area contributed by atoms with E-state index in [2.05, 4.69) is 10.6 Å². The SMILES string of the molecule is NC(=O)C[C@H]1C[C@@H](C2=CNC(Cc3ccccc3)(C[C@H](O)C(Cc3ccccc3)NC(=O)O)C2=O)c2ccccc21. The van der Waals surface area contributed by atoms with Gasteiger partial charge in [-0.1, -0.05) is 84.9 Å². The zero-order chi connectivity index (χ0) is 29.0. The predicted molar refractivity (Wildman–Crippen MR) is 155 cm³/mol. The molecule has 41 heavy (non-hydrogen) atoms. The maximum atomic E-state index is 14.4. The average Bonchev–Trinajstić information content (AvgIpc) is 3.46. The van der Waals surface area contributed by atoms with Crippen molar-refractivity contribution in [2.45, 2.75) is 61.6 Å². The lowest BCUT2D eigenvalue weighted by Crippen LogP contribution is -2.55. The van der Waals surface area contributed by atoms with Gasteiger partial charge in [0.15, 0.2) is 5.78 Å². The van der Waals surface area contributed by atoms with Gasteiger partial charge in [0, 0.05) is 37.0 Å². The second kappa shape index (κ2) is 12.0. The number of hydrogen-bond acceptors (Lipinski definition) is 5. The van der Waals surface area contributed by atoms with Crippen LogP contribution >= 0.6 is 0 Å². The molecule has 8 nitrogen and oxygen atoms in total. The largest absolute Gasteiger partial charge is 0.465 e. The third-order valence-corrected chi connectivity index (χ3v) is 8.33. The molecule has 0 saturated heterocycles. The van der Waals surface area contributed by atoms with Crippen LogP contribution in [0.1, 0.15) is 53.4 Å². The number of nitrogens with one attached hydrogen (secondary N) is 2. The third kappa shape index (κ3) is 6.18. The molecule has 8 heteroatoms. The van der Waals surface area contributed by atoms with Crippen molar-refractivity contribution in [2.75, 3.05) is 0 Å². The molecular formula is C33H35N3O5. The summed E-state index contributed by atoms with van der Waals surface area (Å²) >= 11 is 0. The van der Waals surface area contributed by atoms with Gasteiger partial charge < -0.3 is 26.6 Å². The second-order valence-electron chi connectivity index (χ2n) is 11.1. The van der Waals surface area contributed by atoms with Gasteiger partial charge in [-0.15, -0.1) is 0 Å². The monoisotopic (exact) mass is 553 g/mol. The van der Waals surface area contributed by atoms with Gasteiger partial charge in [-0.3, -0.25) is 9.59 Å². The highest BCUT2D eigenvalue weighted by atomic mass is 16.4. The molecule has 1 aliphatic heterocycles. The number of carbonyl (C=O) groups excluding carboxylic acids is 2. The maximum absolute atomic E-state index is 14.4. The number of carbonyl (C=O) groups is 3. The standard InChI is InChI=1S/C33H35N3O5/c34-30(38)17-23-16-26(25-14-8-7-13-24(23)25)27-20-35-33(31(27)39,18-22-11-5-2-6-12-22)19-29(37)28(36-32(40)41)15-21-9-3-1-4-10-21/h1-14,20,23,26,28-29,35-37H,15-19H2,(H2,34,38)(H,40,41)/t23-,26-,28?,29+,33?/m1/s1. The number of fused-ring (bicyclic) bond motifs is 1. The molecule has 3 aromatic rings. The topological polar surface area (TPSA) is 142 Å². The molecular weight excluding hydrogens is 518 g/mol. The van der Waals surface area contributed by atoms with Crippen LogP contribution in [0, 0.1) is 0 Å². The number of hydrogen-bond donors (Lipinski definition) is 5. The molecule has 1 heterocycles. The fourth-order valence-corrected chi connectivity index (χ4v) is 6.46. The number of aliphatic hydroxyl groups is 1. The number of primary amides is 1. The Labute approximate surface area is 239 Å². The van der Waals surface area contributed by atoms with E-state index in [0.29, 0.717) is 18.4 Å². The van der Waals surface area contributed by atoms with Gasteiger partial charge in [0.1, 0.15) is 5.54 Å². The van der Waals surface area contributed by atoms with Gasteiger partial charge in [-0.05, 0) is 41.0 Å². The quantitative estimate of drug-likeness (QED) is 0.245. The molecule has 2 aliphatic rings. The van der Waals surface area contributed by atoms with Crippen molar-refractivity contribution < 1.29 is 24.6 Å². The molecule has 2 unspecified atom stereocenters. The van der Waals surface area contributed by atoms with E-state index in [1.54, 1.807) is 6.20 Å². The van der Waals surface area contributed by atoms with Crippen molar-refractivity contribution in [1.82, 2.24) is 10.6 Å². The molecule has 3 aromatic carbocycles. The number of Topliss-reactive ketones (excluding diaryl/α,β-unsaturated/α-hetero) is 1. The normalized spacial score (nSPS) is 22.8. The Morgan fingerprint density at radius 2 is 1.56 bits per heavy atom. The van der Waals surface area contributed by atoms with Crippen LogP contribution in [0.3, 0.4) is 0 Å². The average molecular weight is 554 g/mol. The summed E-state index contributed by atoms with van der Waals surface area (Å²) in [6.07, 6.45) is 0.733. The molecule has 2 amide bonds. The first-order chi connectivity index (χ1) is 19.8. The number of amides is 2. The van der Waals surface area contributed by atoms with Crippen LogP contribution in [0.5, 0.6) is 0 Å². The van der Waals surface area contributed by atoms with Gasteiger partial charge in [0.2, 0.25) is 5.91 Å². The van der Waals surface area contributed by atoms with E-state index in [1.807, 2.05) is 84.9 Å². The van der Waals surface area contributed by atoms with E-state index in [9.17, 15) is 24.6 Å². The van der Waals surface area contributed by atoms with E-state index in [4.69, 9.17) is 5.73 Å². The minimum atomic E-state index is -1.24. The Morgan fingerprint density at radius 3 is 2.20 bits per heavy atom. The van der Waals surface area contributed by atoms with Gasteiger partial charge in [-0.25, -0.2) is 4.79 Å². The second-order valence-corrected chi connectivity index (χ2v) is 11.1. The Bertz CT molecular complexity index is 1440. The van der Waals surface area contributed by atoms with Gasteiger partial charge >= 0.3 is 6.09 Å². The Balaban J connectivity index is 1.44. The van der Waals surface area contributed by atoms with E-state index in [-0.39, 0.29) is 42.8 Å². The van der Waals surface area contributed by atoms with Gasteiger partial charge in [0.25, 0.3) is 0 Å². The van der Waals surface area contributed by atoms with Crippen molar-refractivity contribution in [1.29, 1.82) is 0 Å². The van der Waals surface area contributed by atoms with Crippen LogP contribution in [0.4, 0.5) is 4.79 Å². The van der Waals surface area contributed by atoms with Crippen molar-refractivity contribution >= 4 is 17.8 Å². The smallest absolute Gasteiger partial charge is 0.404 e. The highest BCUT2D eigenvalue weighted by Crippen LogP contribution is 2.49. The lowest BCUT2D eigenvalue weighted by Gasteiger charge is -2.34. The summed E-state index contributed by atoms with van der Waals surface area (Å²) < 4.78 is 0. The van der Waals surface area contributed by atoms with E-state index >= 15 is 0 Å². The number of ketones is 1. The summed E-state index contributed by atoms with van der Waals surface area (Å²) in [5.41, 5.74) is 8.78. The highest BCUT2D eigenvalue weighted by molar-refractivity contribution is 6.06. The van der Waals surface area contributed by atoms with E-state index in [1.165, 1.54) is 0 Å². The molecule has 0 spiro atoms. The first-order valence-electron chi connectivity index (χ1n) is 13.9. The molecule has 5 atom stereocenters. The van der Waals surface area contributed by atoms with E-state index in [0.717, 1.165) is 22.3 Å². The minimum Gasteiger partial charge on any atom is -0.465 e. The summed E-state index contributed by atoms with van der Waals surface area (Å²) in [7, 11) is 0. The Kier molecular flexibility index (Phi) is 8.21. The number of nitrogens with two attached hydrogens (primary N) is 1. The van der Waals surface area contributed by atoms with Crippen molar-refractivity contribution in [3.05, 3.63) is 119 Å². The molecule has 5 rings (SSSR count). The first-order valence-corrected chi connectivity index (χ1v) is 13.9. The van der Waals surface area contributed by atoms with Crippen molar-refractivity contribution in [3.8, 4) is 0 Å². The van der Waals surface area contributed by atoms with Crippen molar-refractivity contribution in [2.24, 2.45) is 5.73 Å². The van der Waals surface area contributed by atoms with Crippen LogP contribution in [-0.2, 0) is 22.4 Å². The maximum Gasteiger partial charge on any atom is 0.404 e. The summed E-state index contributed by atoms with van der Waals surface area (Å²) in [5, 5.41) is 26.9. The van der Waals surface area contributed by atoms with Crippen LogP contribution in [0.2, 0.25) is 0 Å². The summed E-state index contributed by atoms with van der Waals surface area (Å²) in [6, 6.07) is 25.9. The van der Waals surface area contributed by atoms with Crippen LogP contribution in [0.25, 0.3) is 0 Å². The summed E-state index contributed by atoms with van der Waals surface area (Å²) in [4.78, 5) is 37.9. The Morgan fingerprint density at radius 1 is 0.951 bits per heavy atom. The zero-order valence-electron chi connectivity index (χ0n) is 22.7. The van der Waals surface area contributed by atoms with Crippen LogP contribution < -0.4 is 16.4 Å². The lowest BCUT2D eigenvalue weighted by atomic mass is 9.77. The Hall–Kier alpha value is -4.43. The fraction of sp³-hybridized carbons (Fsp3) is 0.303. The predicted octanol–water partition coefficient (Wildman–Crippen LogP) is 3.80. The van der Waals surface area contributed by atoms with Crippen LogP contribution in [-0.4, -0.2) is 45.7 Å². The number of carboxylic acid groups (broad SMARTS) is 1. The minimum absolute atomic E-state index is 0.00239. The third-order valence-electron chi connectivity index (χ3n) is 8.33. The number of benzene rings is 3. The first kappa shape index (κ1) is 28.1. The molecule has 0 bridgehead atoms. The molecule has 0 radical (unpaired) electrons. The highest BCUT2D eigenvalue weighted by Gasteiger charge is 2.49. The van der Waals surface area contributed by atoms with Crippen LogP contribution in [0.15, 0.2) is 96.7 Å². The van der Waals surface area contributed by atoms with Gasteiger partial charge in [-0.2, -0.15) is 0 Å². The molecule has 0 saturated carbocycles.